The summed E-state index contributed by atoms with van der Waals surface area (Å²) in [4.78, 5) is 12.9. The summed E-state index contributed by atoms with van der Waals surface area (Å²) in [6.45, 7) is 1.25. The van der Waals surface area contributed by atoms with Gasteiger partial charge in [-0.25, -0.2) is 0 Å². The molecule has 0 heterocycles. The van der Waals surface area contributed by atoms with Gasteiger partial charge in [0.05, 0.1) is 10.7 Å². The minimum Gasteiger partial charge on any atom is -0.321 e. The second-order valence-corrected chi connectivity index (χ2v) is 9.02. The van der Waals surface area contributed by atoms with E-state index in [1.807, 2.05) is 4.83 Å². The first-order chi connectivity index (χ1) is 15.4. The molecule has 1 amide bonds. The molecule has 0 bridgehead atoms. The fourth-order valence-electron chi connectivity index (χ4n) is 2.28. The smallest absolute Gasteiger partial charge is 0.321 e. The number of hydrogen-bond donors (Lipinski definition) is 2. The highest BCUT2D eigenvalue weighted by Crippen LogP contribution is 2.46. The van der Waals surface area contributed by atoms with Crippen LogP contribution in [0.3, 0.4) is 0 Å². The molecule has 2 aromatic rings. The first-order valence-corrected chi connectivity index (χ1v) is 10.9. The molecule has 0 saturated heterocycles. The molecule has 34 heavy (non-hydrogen) atoms. The molecule has 6 nitrogen and oxygen atoms in total. The standard InChI is InChI=1S/C18H12Cl2F7N3O3S/c1-9(29-30-34(32,33)14-8-11(19)5-6-13(14)20)10-3-2-4-12(7-10)28-15(31)16(21,22)17(23,24)18(25,26)27/h2-8,30H,1H3,(H,28,31)/b29-9-. The van der Waals surface area contributed by atoms with E-state index in [2.05, 4.69) is 5.10 Å². The number of anilines is 1. The van der Waals surface area contributed by atoms with Crippen LogP contribution >= 0.6 is 23.2 Å². The Kier molecular flexibility index (Phi) is 7.80. The minimum atomic E-state index is -6.68. The Morgan fingerprint density at radius 1 is 0.971 bits per heavy atom. The van der Waals surface area contributed by atoms with Gasteiger partial charge in [-0.05, 0) is 42.8 Å². The molecule has 0 radical (unpaired) electrons. The maximum Gasteiger partial charge on any atom is 0.460 e. The van der Waals surface area contributed by atoms with Gasteiger partial charge >= 0.3 is 23.9 Å². The zero-order chi connectivity index (χ0) is 26.1. The lowest BCUT2D eigenvalue weighted by molar-refractivity contribution is -0.343. The number of nitrogens with one attached hydrogen (secondary N) is 2. The highest BCUT2D eigenvalue weighted by atomic mass is 35.5. The number of carbonyl (C=O) groups is 1. The van der Waals surface area contributed by atoms with Gasteiger partial charge in [0.1, 0.15) is 4.90 Å². The van der Waals surface area contributed by atoms with Crippen LogP contribution in [0.15, 0.2) is 52.5 Å². The van der Waals surface area contributed by atoms with Gasteiger partial charge in [-0.2, -0.15) is 49.1 Å². The zero-order valence-electron chi connectivity index (χ0n) is 16.5. The van der Waals surface area contributed by atoms with Crippen LogP contribution in [0.1, 0.15) is 12.5 Å². The molecule has 0 aliphatic carbocycles. The Morgan fingerprint density at radius 2 is 1.59 bits per heavy atom. The summed E-state index contributed by atoms with van der Waals surface area (Å²) in [5, 5.41) is 4.76. The SMILES string of the molecule is C/C(=N/NS(=O)(=O)c1cc(Cl)ccc1Cl)c1cccc(NC(=O)C(F)(F)C(F)(F)C(F)(F)F)c1. The number of carbonyl (C=O) groups excluding carboxylic acids is 1. The van der Waals surface area contributed by atoms with E-state index < -0.39 is 44.5 Å². The van der Waals surface area contributed by atoms with Crippen molar-refractivity contribution in [3.8, 4) is 0 Å². The number of hydrazone groups is 1. The molecule has 2 rings (SSSR count). The van der Waals surface area contributed by atoms with Gasteiger partial charge in [0.25, 0.3) is 10.0 Å². The van der Waals surface area contributed by atoms with Crippen LogP contribution in [-0.4, -0.2) is 38.1 Å². The Morgan fingerprint density at radius 3 is 2.18 bits per heavy atom. The predicted molar refractivity (Wildman–Crippen MR) is 110 cm³/mol. The van der Waals surface area contributed by atoms with Crippen LogP contribution in [0, 0.1) is 0 Å². The van der Waals surface area contributed by atoms with Crippen LogP contribution in [0.2, 0.25) is 10.0 Å². The van der Waals surface area contributed by atoms with Gasteiger partial charge < -0.3 is 5.32 Å². The third-order valence-electron chi connectivity index (χ3n) is 4.09. The molecule has 186 valence electrons. The van der Waals surface area contributed by atoms with Gasteiger partial charge in [-0.15, -0.1) is 0 Å². The summed E-state index contributed by atoms with van der Waals surface area (Å²) in [6.07, 6.45) is -6.68. The monoisotopic (exact) mass is 553 g/mol. The number of hydrogen-bond acceptors (Lipinski definition) is 4. The van der Waals surface area contributed by atoms with Crippen molar-refractivity contribution in [3.05, 3.63) is 58.1 Å². The molecular weight excluding hydrogens is 542 g/mol. The average molecular weight is 554 g/mol. The van der Waals surface area contributed by atoms with E-state index in [0.717, 1.165) is 24.3 Å². The molecule has 0 unspecified atom stereocenters. The fourth-order valence-corrected chi connectivity index (χ4v) is 3.90. The first kappa shape index (κ1) is 27.7. The second kappa shape index (κ2) is 9.58. The number of amides is 1. The van der Waals surface area contributed by atoms with E-state index in [9.17, 15) is 43.9 Å². The topological polar surface area (TPSA) is 87.6 Å². The largest absolute Gasteiger partial charge is 0.460 e. The summed E-state index contributed by atoms with van der Waals surface area (Å²) >= 11 is 11.6. The van der Waals surface area contributed by atoms with Crippen molar-refractivity contribution in [2.45, 2.75) is 29.8 Å². The number of sulfonamides is 1. The van der Waals surface area contributed by atoms with Gasteiger partial charge in [0, 0.05) is 10.7 Å². The number of rotatable bonds is 7. The Hall–Kier alpha value is -2.58. The molecule has 0 fully saturated rings. The maximum atomic E-state index is 13.5. The quantitative estimate of drug-likeness (QED) is 0.271. The fraction of sp³-hybridized carbons (Fsp3) is 0.222. The zero-order valence-corrected chi connectivity index (χ0v) is 18.9. The van der Waals surface area contributed by atoms with E-state index in [1.165, 1.54) is 30.4 Å². The van der Waals surface area contributed by atoms with Gasteiger partial charge in [0.15, 0.2) is 0 Å². The van der Waals surface area contributed by atoms with E-state index in [0.29, 0.717) is 0 Å². The molecule has 16 heteroatoms. The molecular formula is C18H12Cl2F7N3O3S. The summed E-state index contributed by atoms with van der Waals surface area (Å²) in [5.41, 5.74) is -0.704. The van der Waals surface area contributed by atoms with E-state index in [1.54, 1.807) is 0 Å². The summed E-state index contributed by atoms with van der Waals surface area (Å²) in [6, 6.07) is 7.80. The average Bonchev–Trinajstić information content (AvgIpc) is 2.72. The highest BCUT2D eigenvalue weighted by Gasteiger charge is 2.76. The summed E-state index contributed by atoms with van der Waals surface area (Å²) in [7, 11) is -4.31. The van der Waals surface area contributed by atoms with Crippen LogP contribution < -0.4 is 10.1 Å². The van der Waals surface area contributed by atoms with Crippen LogP contribution in [0.25, 0.3) is 0 Å². The number of halogens is 9. The molecule has 0 aliphatic heterocycles. The number of benzene rings is 2. The molecule has 2 N–H and O–H groups in total. The lowest BCUT2D eigenvalue weighted by Crippen LogP contribution is -2.57. The van der Waals surface area contributed by atoms with E-state index in [4.69, 9.17) is 23.2 Å². The van der Waals surface area contributed by atoms with Crippen LogP contribution in [0.4, 0.5) is 36.4 Å². The van der Waals surface area contributed by atoms with Crippen molar-refractivity contribution in [2.75, 3.05) is 5.32 Å². The molecule has 0 aromatic heterocycles. The molecule has 0 aliphatic rings. The Labute approximate surface area is 197 Å². The third-order valence-corrected chi connectivity index (χ3v) is 6.02. The lowest BCUT2D eigenvalue weighted by Gasteiger charge is -2.27. The van der Waals surface area contributed by atoms with Gasteiger partial charge in [-0.3, -0.25) is 4.79 Å². The Bertz CT molecular complexity index is 1240. The second-order valence-electron chi connectivity index (χ2n) is 6.55. The summed E-state index contributed by atoms with van der Waals surface area (Å²) in [5.74, 6) is -15.6. The van der Waals surface area contributed by atoms with E-state index in [-0.39, 0.29) is 21.3 Å². The molecule has 0 spiro atoms. The Balaban J connectivity index is 2.25. The molecule has 0 atom stereocenters. The van der Waals surface area contributed by atoms with E-state index >= 15 is 0 Å². The van der Waals surface area contributed by atoms with Crippen LogP contribution in [0.5, 0.6) is 0 Å². The van der Waals surface area contributed by atoms with Crippen molar-refractivity contribution in [1.82, 2.24) is 4.83 Å². The van der Waals surface area contributed by atoms with Crippen molar-refractivity contribution < 1.29 is 43.9 Å². The summed E-state index contributed by atoms with van der Waals surface area (Å²) < 4.78 is 115. The van der Waals surface area contributed by atoms with Crippen molar-refractivity contribution in [3.63, 3.8) is 0 Å². The third kappa shape index (κ3) is 5.73. The van der Waals surface area contributed by atoms with Crippen molar-refractivity contribution in [2.24, 2.45) is 5.10 Å². The number of alkyl halides is 7. The normalized spacial score (nSPS) is 13.5. The van der Waals surface area contributed by atoms with Gasteiger partial charge in [0.2, 0.25) is 0 Å². The maximum absolute atomic E-state index is 13.5. The number of nitrogens with zero attached hydrogens (tertiary/aromatic N) is 1. The molecule has 2 aromatic carbocycles. The predicted octanol–water partition coefficient (Wildman–Crippen LogP) is 5.47. The van der Waals surface area contributed by atoms with Crippen molar-refractivity contribution >= 4 is 50.5 Å². The van der Waals surface area contributed by atoms with Crippen molar-refractivity contribution in [1.29, 1.82) is 0 Å². The lowest BCUT2D eigenvalue weighted by atomic mass is 10.1. The van der Waals surface area contributed by atoms with Crippen LogP contribution in [-0.2, 0) is 14.8 Å². The molecule has 0 saturated carbocycles. The van der Waals surface area contributed by atoms with Gasteiger partial charge in [-0.1, -0.05) is 35.3 Å². The highest BCUT2D eigenvalue weighted by molar-refractivity contribution is 7.89. The first-order valence-electron chi connectivity index (χ1n) is 8.65. The minimum absolute atomic E-state index is 0.0106.